The van der Waals surface area contributed by atoms with E-state index in [-0.39, 0.29) is 11.3 Å². The first-order valence-corrected chi connectivity index (χ1v) is 11.8. The van der Waals surface area contributed by atoms with Gasteiger partial charge in [0.2, 0.25) is 0 Å². The van der Waals surface area contributed by atoms with Crippen molar-refractivity contribution in [2.75, 3.05) is 5.32 Å². The van der Waals surface area contributed by atoms with E-state index in [1.165, 1.54) is 11.6 Å². The number of fused-ring (bicyclic) bond motifs is 5. The van der Waals surface area contributed by atoms with E-state index in [1.807, 2.05) is 74.5 Å². The van der Waals surface area contributed by atoms with E-state index in [4.69, 9.17) is 0 Å². The summed E-state index contributed by atoms with van der Waals surface area (Å²) in [6, 6.07) is 21.0. The molecule has 0 radical (unpaired) electrons. The molecule has 0 unspecified atom stereocenters. The Morgan fingerprint density at radius 1 is 0.861 bits per heavy atom. The molecule has 0 fully saturated rings. The fourth-order valence-electron chi connectivity index (χ4n) is 5.33. The third kappa shape index (κ3) is 2.99. The van der Waals surface area contributed by atoms with E-state index in [2.05, 4.69) is 9.88 Å². The van der Waals surface area contributed by atoms with E-state index in [1.54, 1.807) is 13.1 Å². The van der Waals surface area contributed by atoms with Gasteiger partial charge in [0, 0.05) is 19.7 Å². The number of para-hydroxylation sites is 2. The van der Waals surface area contributed by atoms with Crippen molar-refractivity contribution in [2.45, 2.75) is 19.9 Å². The van der Waals surface area contributed by atoms with Crippen molar-refractivity contribution in [2.24, 2.45) is 14.1 Å². The molecule has 7 heteroatoms. The number of phenols is 1. The van der Waals surface area contributed by atoms with Crippen molar-refractivity contribution in [1.82, 2.24) is 13.7 Å². The zero-order valence-corrected chi connectivity index (χ0v) is 20.5. The van der Waals surface area contributed by atoms with Crippen LogP contribution >= 0.6 is 0 Å². The van der Waals surface area contributed by atoms with Crippen LogP contribution in [-0.2, 0) is 14.1 Å². The van der Waals surface area contributed by atoms with Gasteiger partial charge in [0.05, 0.1) is 39.7 Å². The van der Waals surface area contributed by atoms with Gasteiger partial charge in [-0.1, -0.05) is 54.1 Å². The maximum Gasteiger partial charge on any atom is 0.331 e. The first-order chi connectivity index (χ1) is 17.3. The Balaban J connectivity index is 1.86. The van der Waals surface area contributed by atoms with E-state index in [9.17, 15) is 14.7 Å². The van der Waals surface area contributed by atoms with Gasteiger partial charge in [-0.25, -0.2) is 4.79 Å². The molecular weight excluding hydrogens is 452 g/mol. The first-order valence-electron chi connectivity index (χ1n) is 11.8. The number of aromatic hydroxyl groups is 1. The van der Waals surface area contributed by atoms with Crippen molar-refractivity contribution < 1.29 is 5.11 Å². The molecule has 0 amide bonds. The lowest BCUT2D eigenvalue weighted by Gasteiger charge is -2.31. The summed E-state index contributed by atoms with van der Waals surface area (Å²) >= 11 is 0. The van der Waals surface area contributed by atoms with Crippen LogP contribution < -0.4 is 16.6 Å². The third-order valence-corrected chi connectivity index (χ3v) is 7.15. The Morgan fingerprint density at radius 2 is 1.56 bits per heavy atom. The van der Waals surface area contributed by atoms with Gasteiger partial charge in [-0.3, -0.25) is 13.9 Å². The van der Waals surface area contributed by atoms with Gasteiger partial charge in [-0.05, 0) is 43.2 Å². The fourth-order valence-corrected chi connectivity index (χ4v) is 5.33. The highest BCUT2D eigenvalue weighted by molar-refractivity contribution is 5.99. The lowest BCUT2D eigenvalue weighted by Crippen LogP contribution is -2.37. The molecule has 0 saturated carbocycles. The van der Waals surface area contributed by atoms with Gasteiger partial charge in [-0.2, -0.15) is 0 Å². The summed E-state index contributed by atoms with van der Waals surface area (Å²) in [4.78, 5) is 26.8. The molecule has 1 atom stereocenters. The van der Waals surface area contributed by atoms with Crippen molar-refractivity contribution in [3.05, 3.63) is 110 Å². The molecule has 0 saturated heterocycles. The summed E-state index contributed by atoms with van der Waals surface area (Å²) in [5.74, 6) is 0.151. The topological polar surface area (TPSA) is 81.2 Å². The minimum atomic E-state index is -0.500. The van der Waals surface area contributed by atoms with Crippen molar-refractivity contribution in [1.29, 1.82) is 0 Å². The Kier molecular flexibility index (Phi) is 4.73. The van der Waals surface area contributed by atoms with Gasteiger partial charge in [0.15, 0.2) is 0 Å². The van der Waals surface area contributed by atoms with Crippen LogP contribution in [0.5, 0.6) is 5.75 Å². The second-order valence-electron chi connectivity index (χ2n) is 9.52. The predicted molar refractivity (Wildman–Crippen MR) is 142 cm³/mol. The van der Waals surface area contributed by atoms with Crippen LogP contribution in [0.2, 0.25) is 0 Å². The monoisotopic (exact) mass is 478 g/mol. The number of aromatic nitrogens is 3. The number of rotatable bonds is 2. The summed E-state index contributed by atoms with van der Waals surface area (Å²) in [6.45, 7) is 3.95. The molecule has 3 heterocycles. The predicted octanol–water partition coefficient (Wildman–Crippen LogP) is 4.53. The number of nitrogens with one attached hydrogen (secondary N) is 1. The number of hydrogen-bond donors (Lipinski definition) is 2. The highest BCUT2D eigenvalue weighted by Crippen LogP contribution is 2.46. The number of benzene rings is 3. The molecule has 1 aliphatic rings. The van der Waals surface area contributed by atoms with Crippen molar-refractivity contribution in [3.8, 4) is 22.7 Å². The summed E-state index contributed by atoms with van der Waals surface area (Å²) < 4.78 is 4.77. The molecule has 180 valence electrons. The van der Waals surface area contributed by atoms with E-state index in [0.717, 1.165) is 44.0 Å². The Labute approximate surface area is 207 Å². The van der Waals surface area contributed by atoms with Crippen LogP contribution in [0.3, 0.4) is 0 Å². The summed E-state index contributed by atoms with van der Waals surface area (Å²) in [5, 5.41) is 15.0. The third-order valence-electron chi connectivity index (χ3n) is 7.15. The van der Waals surface area contributed by atoms with Crippen LogP contribution in [0.25, 0.3) is 27.8 Å². The maximum atomic E-state index is 13.7. The highest BCUT2D eigenvalue weighted by atomic mass is 16.3. The Bertz CT molecular complexity index is 1810. The SMILES string of the molecule is Cc1ccc(-c2c3c(=O)n(C)c(=O)n(C)c3c3n2-c2ccccc2N[C@H]3c2ccc(C)cc2O)cc1. The second-order valence-corrected chi connectivity index (χ2v) is 9.52. The van der Waals surface area contributed by atoms with Gasteiger partial charge < -0.3 is 15.0 Å². The summed E-state index contributed by atoms with van der Waals surface area (Å²) in [5.41, 5.74) is 6.57. The Hall–Kier alpha value is -4.52. The van der Waals surface area contributed by atoms with Crippen LogP contribution in [0.15, 0.2) is 76.3 Å². The normalized spacial score (nSPS) is 14.4. The number of anilines is 1. The lowest BCUT2D eigenvalue weighted by atomic mass is 9.97. The standard InChI is InChI=1S/C29H26N4O3/c1-16-9-12-18(13-10-16)25-23-26(31(3)29(36)32(4)28(23)35)27-24(19-14-11-17(2)15-22(19)34)30-20-7-5-6-8-21(20)33(25)27/h5-15,24,30,34H,1-4H3/t24-/m0/s1. The van der Waals surface area contributed by atoms with Crippen molar-refractivity contribution in [3.63, 3.8) is 0 Å². The molecule has 0 bridgehead atoms. The molecule has 5 aromatic rings. The molecule has 7 nitrogen and oxygen atoms in total. The number of phenolic OH excluding ortho intramolecular Hbond substituents is 1. The smallest absolute Gasteiger partial charge is 0.331 e. The van der Waals surface area contributed by atoms with Crippen molar-refractivity contribution >= 4 is 16.6 Å². The number of nitrogens with zero attached hydrogens (tertiary/aromatic N) is 3. The average Bonchev–Trinajstić information content (AvgIpc) is 3.23. The van der Waals surface area contributed by atoms with Gasteiger partial charge in [0.25, 0.3) is 5.56 Å². The number of hydrogen-bond acceptors (Lipinski definition) is 4. The van der Waals surface area contributed by atoms with Crippen LogP contribution in [0.4, 0.5) is 5.69 Å². The lowest BCUT2D eigenvalue weighted by molar-refractivity contribution is 0.465. The van der Waals surface area contributed by atoms with E-state index in [0.29, 0.717) is 16.5 Å². The molecule has 1 aliphatic heterocycles. The van der Waals surface area contributed by atoms with Crippen LogP contribution in [0.1, 0.15) is 28.4 Å². The molecule has 2 aromatic heterocycles. The molecule has 2 N–H and O–H groups in total. The molecule has 0 aliphatic carbocycles. The maximum absolute atomic E-state index is 13.7. The summed E-state index contributed by atoms with van der Waals surface area (Å²) in [7, 11) is 3.20. The minimum absolute atomic E-state index is 0.151. The van der Waals surface area contributed by atoms with Crippen LogP contribution in [0, 0.1) is 13.8 Å². The Morgan fingerprint density at radius 3 is 2.28 bits per heavy atom. The van der Waals surface area contributed by atoms with E-state index < -0.39 is 11.7 Å². The minimum Gasteiger partial charge on any atom is -0.508 e. The molecule has 0 spiro atoms. The first kappa shape index (κ1) is 22.0. The molecule has 36 heavy (non-hydrogen) atoms. The number of aryl methyl sites for hydroxylation is 3. The fraction of sp³-hybridized carbons (Fsp3) is 0.172. The quantitative estimate of drug-likeness (QED) is 0.391. The average molecular weight is 479 g/mol. The van der Waals surface area contributed by atoms with Gasteiger partial charge in [-0.15, -0.1) is 0 Å². The largest absolute Gasteiger partial charge is 0.508 e. The molecular formula is C29H26N4O3. The van der Waals surface area contributed by atoms with Gasteiger partial charge in [0.1, 0.15) is 5.75 Å². The highest BCUT2D eigenvalue weighted by Gasteiger charge is 2.35. The molecule has 3 aromatic carbocycles. The summed E-state index contributed by atoms with van der Waals surface area (Å²) in [6.07, 6.45) is 0. The zero-order valence-electron chi connectivity index (χ0n) is 20.5. The molecule has 6 rings (SSSR count). The van der Waals surface area contributed by atoms with E-state index >= 15 is 0 Å². The zero-order chi connectivity index (χ0) is 25.3. The van der Waals surface area contributed by atoms with Gasteiger partial charge >= 0.3 is 5.69 Å². The van der Waals surface area contributed by atoms with Crippen LogP contribution in [-0.4, -0.2) is 18.8 Å². The second kappa shape index (κ2) is 7.75.